The Hall–Kier alpha value is -0.340. The molecule has 1 aromatic rings. The predicted molar refractivity (Wildman–Crippen MR) is 53.4 cm³/mol. The maximum Gasteiger partial charge on any atom is 0.0882 e. The smallest absolute Gasteiger partial charge is 0.0882 e. The number of thiophene rings is 1. The van der Waals surface area contributed by atoms with Crippen molar-refractivity contribution in [2.24, 2.45) is 5.92 Å². The van der Waals surface area contributed by atoms with Gasteiger partial charge in [-0.05, 0) is 30.2 Å². The van der Waals surface area contributed by atoms with Crippen LogP contribution in [0, 0.1) is 5.92 Å². The Morgan fingerprint density at radius 3 is 2.67 bits per heavy atom. The number of hydrogen-bond acceptors (Lipinski definition) is 2. The van der Waals surface area contributed by atoms with Gasteiger partial charge in [0.1, 0.15) is 0 Å². The second-order valence-corrected chi connectivity index (χ2v) is 4.48. The summed E-state index contributed by atoms with van der Waals surface area (Å²) in [6, 6.07) is 3.98. The molecule has 0 bridgehead atoms. The lowest BCUT2D eigenvalue weighted by Gasteiger charge is -2.09. The van der Waals surface area contributed by atoms with E-state index in [0.29, 0.717) is 5.92 Å². The second-order valence-electron chi connectivity index (χ2n) is 3.50. The number of aliphatic hydroxyl groups excluding tert-OH is 1. The van der Waals surface area contributed by atoms with Gasteiger partial charge < -0.3 is 5.11 Å². The van der Waals surface area contributed by atoms with E-state index in [0.717, 1.165) is 17.7 Å². The highest BCUT2D eigenvalue weighted by Gasteiger charge is 2.08. The Labute approximate surface area is 78.1 Å². The van der Waals surface area contributed by atoms with Crippen LogP contribution in [-0.2, 0) is 0 Å². The van der Waals surface area contributed by atoms with Gasteiger partial charge in [0.15, 0.2) is 0 Å². The predicted octanol–water partition coefficient (Wildman–Crippen LogP) is 3.22. The molecule has 0 aliphatic carbocycles. The van der Waals surface area contributed by atoms with Crippen LogP contribution in [0.15, 0.2) is 17.5 Å². The summed E-state index contributed by atoms with van der Waals surface area (Å²) in [6.45, 7) is 4.36. The molecule has 0 saturated heterocycles. The largest absolute Gasteiger partial charge is 0.388 e. The Morgan fingerprint density at radius 2 is 2.17 bits per heavy atom. The molecule has 12 heavy (non-hydrogen) atoms. The quantitative estimate of drug-likeness (QED) is 0.761. The molecule has 1 rings (SSSR count). The Morgan fingerprint density at radius 1 is 1.42 bits per heavy atom. The lowest BCUT2D eigenvalue weighted by atomic mass is 10.0. The summed E-state index contributed by atoms with van der Waals surface area (Å²) < 4.78 is 0. The lowest BCUT2D eigenvalue weighted by molar-refractivity contribution is 0.163. The third kappa shape index (κ3) is 2.95. The van der Waals surface area contributed by atoms with Crippen LogP contribution in [0.4, 0.5) is 0 Å². The van der Waals surface area contributed by atoms with Crippen LogP contribution in [0.25, 0.3) is 0 Å². The molecule has 0 radical (unpaired) electrons. The SMILES string of the molecule is CC(C)CCC(O)c1cccs1. The van der Waals surface area contributed by atoms with Crippen molar-refractivity contribution in [3.05, 3.63) is 22.4 Å². The summed E-state index contributed by atoms with van der Waals surface area (Å²) in [4.78, 5) is 1.09. The van der Waals surface area contributed by atoms with Crippen LogP contribution in [0.5, 0.6) is 0 Å². The van der Waals surface area contributed by atoms with Crippen LogP contribution in [0.2, 0.25) is 0 Å². The molecule has 0 spiro atoms. The van der Waals surface area contributed by atoms with Crippen molar-refractivity contribution < 1.29 is 5.11 Å². The van der Waals surface area contributed by atoms with Crippen molar-refractivity contribution in [1.29, 1.82) is 0 Å². The fourth-order valence-electron chi connectivity index (χ4n) is 1.11. The summed E-state index contributed by atoms with van der Waals surface area (Å²) in [5.74, 6) is 0.680. The minimum atomic E-state index is -0.243. The highest BCUT2D eigenvalue weighted by molar-refractivity contribution is 7.10. The summed E-state index contributed by atoms with van der Waals surface area (Å²) >= 11 is 1.63. The van der Waals surface area contributed by atoms with E-state index in [4.69, 9.17) is 0 Å². The number of hydrogen-bond donors (Lipinski definition) is 1. The zero-order valence-corrected chi connectivity index (χ0v) is 8.47. The Bertz CT molecular complexity index is 204. The Balaban J connectivity index is 2.34. The molecule has 1 aromatic heterocycles. The highest BCUT2D eigenvalue weighted by atomic mass is 32.1. The lowest BCUT2D eigenvalue weighted by Crippen LogP contribution is -1.97. The summed E-state index contributed by atoms with van der Waals surface area (Å²) in [7, 11) is 0. The van der Waals surface area contributed by atoms with Crippen molar-refractivity contribution in [3.63, 3.8) is 0 Å². The van der Waals surface area contributed by atoms with E-state index >= 15 is 0 Å². The van der Waals surface area contributed by atoms with Crippen molar-refractivity contribution in [3.8, 4) is 0 Å². The maximum absolute atomic E-state index is 9.67. The van der Waals surface area contributed by atoms with E-state index in [2.05, 4.69) is 13.8 Å². The summed E-state index contributed by atoms with van der Waals surface area (Å²) in [5, 5.41) is 11.7. The third-order valence-electron chi connectivity index (χ3n) is 1.89. The van der Waals surface area contributed by atoms with E-state index in [9.17, 15) is 5.11 Å². The zero-order chi connectivity index (χ0) is 8.97. The fourth-order valence-corrected chi connectivity index (χ4v) is 1.86. The van der Waals surface area contributed by atoms with E-state index in [-0.39, 0.29) is 6.10 Å². The molecule has 0 amide bonds. The molecule has 1 unspecified atom stereocenters. The molecular formula is C10H16OS. The van der Waals surface area contributed by atoms with Crippen LogP contribution in [0.1, 0.15) is 37.7 Å². The first kappa shape index (κ1) is 9.75. The van der Waals surface area contributed by atoms with Gasteiger partial charge in [0.05, 0.1) is 6.10 Å². The van der Waals surface area contributed by atoms with Crippen molar-refractivity contribution in [2.75, 3.05) is 0 Å². The first-order valence-electron chi connectivity index (χ1n) is 4.41. The molecule has 0 aliphatic heterocycles. The Kier molecular flexibility index (Phi) is 3.76. The molecule has 0 saturated carbocycles. The maximum atomic E-state index is 9.67. The van der Waals surface area contributed by atoms with E-state index in [1.165, 1.54) is 0 Å². The highest BCUT2D eigenvalue weighted by Crippen LogP contribution is 2.24. The van der Waals surface area contributed by atoms with Gasteiger partial charge in [0, 0.05) is 4.88 Å². The number of aliphatic hydroxyl groups is 1. The first-order valence-corrected chi connectivity index (χ1v) is 5.29. The molecule has 1 N–H and O–H groups in total. The van der Waals surface area contributed by atoms with Gasteiger partial charge in [-0.15, -0.1) is 11.3 Å². The van der Waals surface area contributed by atoms with Gasteiger partial charge in [-0.25, -0.2) is 0 Å². The molecule has 0 aliphatic rings. The van der Waals surface area contributed by atoms with Crippen LogP contribution >= 0.6 is 11.3 Å². The van der Waals surface area contributed by atoms with Gasteiger partial charge in [0.25, 0.3) is 0 Å². The van der Waals surface area contributed by atoms with Gasteiger partial charge >= 0.3 is 0 Å². The summed E-state index contributed by atoms with van der Waals surface area (Å²) in [5.41, 5.74) is 0. The standard InChI is InChI=1S/C10H16OS/c1-8(2)5-6-9(11)10-4-3-7-12-10/h3-4,7-9,11H,5-6H2,1-2H3. The van der Waals surface area contributed by atoms with Crippen molar-refractivity contribution >= 4 is 11.3 Å². The van der Waals surface area contributed by atoms with Crippen LogP contribution in [0.3, 0.4) is 0 Å². The molecule has 0 aromatic carbocycles. The molecule has 2 heteroatoms. The molecule has 68 valence electrons. The van der Waals surface area contributed by atoms with Gasteiger partial charge in [-0.3, -0.25) is 0 Å². The molecule has 0 fully saturated rings. The first-order chi connectivity index (χ1) is 5.70. The molecular weight excluding hydrogens is 168 g/mol. The van der Waals surface area contributed by atoms with Crippen LogP contribution < -0.4 is 0 Å². The van der Waals surface area contributed by atoms with Crippen molar-refractivity contribution in [2.45, 2.75) is 32.8 Å². The van der Waals surface area contributed by atoms with Crippen molar-refractivity contribution in [1.82, 2.24) is 0 Å². The van der Waals surface area contributed by atoms with E-state index in [1.807, 2.05) is 17.5 Å². The third-order valence-corrected chi connectivity index (χ3v) is 2.86. The van der Waals surface area contributed by atoms with Gasteiger partial charge in [-0.1, -0.05) is 19.9 Å². The minimum absolute atomic E-state index is 0.243. The second kappa shape index (κ2) is 4.63. The number of rotatable bonds is 4. The van der Waals surface area contributed by atoms with Crippen LogP contribution in [-0.4, -0.2) is 5.11 Å². The van der Waals surface area contributed by atoms with Gasteiger partial charge in [-0.2, -0.15) is 0 Å². The van der Waals surface area contributed by atoms with E-state index < -0.39 is 0 Å². The summed E-state index contributed by atoms with van der Waals surface area (Å²) in [6.07, 6.45) is 1.74. The zero-order valence-electron chi connectivity index (χ0n) is 7.66. The minimum Gasteiger partial charge on any atom is -0.388 e. The monoisotopic (exact) mass is 184 g/mol. The van der Waals surface area contributed by atoms with Gasteiger partial charge in [0.2, 0.25) is 0 Å². The topological polar surface area (TPSA) is 20.2 Å². The average molecular weight is 184 g/mol. The molecule has 1 heterocycles. The average Bonchev–Trinajstić information content (AvgIpc) is 2.51. The molecule has 1 nitrogen and oxygen atoms in total. The normalized spacial score (nSPS) is 13.7. The van der Waals surface area contributed by atoms with E-state index in [1.54, 1.807) is 11.3 Å². The molecule has 1 atom stereocenters. The fraction of sp³-hybridized carbons (Fsp3) is 0.600.